The van der Waals surface area contributed by atoms with E-state index in [1.807, 2.05) is 22.9 Å². The molecule has 5 N–H and O–H groups in total. The Kier molecular flexibility index (Phi) is 8.28. The fourth-order valence-electron chi connectivity index (χ4n) is 7.99. The minimum Gasteiger partial charge on any atom is -0.506 e. The van der Waals surface area contributed by atoms with Crippen LogP contribution >= 0.6 is 11.0 Å². The van der Waals surface area contributed by atoms with Crippen LogP contribution in [0, 0.1) is 5.82 Å². The van der Waals surface area contributed by atoms with Gasteiger partial charge in [0, 0.05) is 37.9 Å². The van der Waals surface area contributed by atoms with E-state index in [0.717, 1.165) is 46.9 Å². The Morgan fingerprint density at radius 2 is 1.63 bits per heavy atom. The highest BCUT2D eigenvalue weighted by molar-refractivity contribution is 8.24. The summed E-state index contributed by atoms with van der Waals surface area (Å²) in [6.45, 7) is 2.28. The second-order valence-corrected chi connectivity index (χ2v) is 15.8. The van der Waals surface area contributed by atoms with Crippen LogP contribution in [0.2, 0.25) is 0 Å². The number of imidazole rings is 1. The van der Waals surface area contributed by atoms with Gasteiger partial charge in [-0.1, -0.05) is 24.3 Å². The number of piperidine rings is 2. The van der Waals surface area contributed by atoms with Crippen LogP contribution in [0.4, 0.5) is 10.1 Å². The number of phenolic OH excluding ortho intramolecular Hbond substituents is 1. The molecular weight excluding hydrogens is 697 g/mol. The lowest BCUT2D eigenvalue weighted by Crippen LogP contribution is -2.52. The van der Waals surface area contributed by atoms with Gasteiger partial charge in [0.25, 0.3) is 5.91 Å². The molecule has 4 saturated heterocycles. The molecule has 0 saturated carbocycles. The molecule has 4 amide bonds. The molecule has 3 aromatic carbocycles. The Morgan fingerprint density at radius 3 is 2.33 bits per heavy atom. The summed E-state index contributed by atoms with van der Waals surface area (Å²) < 4.78 is 41.6. The predicted octanol–water partition coefficient (Wildman–Crippen LogP) is 2.64. The highest BCUT2D eigenvalue weighted by Crippen LogP contribution is 2.51. The number of halogens is 1. The van der Waals surface area contributed by atoms with E-state index in [4.69, 9.17) is 0 Å². The van der Waals surface area contributed by atoms with Gasteiger partial charge in [0.2, 0.25) is 17.7 Å². The van der Waals surface area contributed by atoms with Crippen LogP contribution in [0.3, 0.4) is 0 Å². The molecule has 52 heavy (non-hydrogen) atoms. The maximum absolute atomic E-state index is 15.5. The van der Waals surface area contributed by atoms with Gasteiger partial charge < -0.3 is 10.0 Å². The van der Waals surface area contributed by atoms with Crippen molar-refractivity contribution in [2.45, 2.75) is 43.6 Å². The second-order valence-electron chi connectivity index (χ2n) is 14.1. The van der Waals surface area contributed by atoms with Crippen LogP contribution < -0.4 is 20.0 Å². The molecule has 0 spiro atoms. The van der Waals surface area contributed by atoms with E-state index in [1.54, 1.807) is 34.7 Å². The Morgan fingerprint density at radius 1 is 0.923 bits per heavy atom. The first kappa shape index (κ1) is 34.1. The number of amides is 4. The first-order valence-corrected chi connectivity index (χ1v) is 18.7. The molecule has 15 nitrogen and oxygen atoms in total. The van der Waals surface area contributed by atoms with E-state index >= 15 is 4.39 Å². The molecule has 17 heteroatoms. The number of hydrogen-bond acceptors (Lipinski definition) is 10. The summed E-state index contributed by atoms with van der Waals surface area (Å²) in [7, 11) is -2.13. The number of carbonyl (C=O) groups is 4. The van der Waals surface area contributed by atoms with Crippen LogP contribution in [-0.2, 0) is 26.2 Å². The van der Waals surface area contributed by atoms with Crippen molar-refractivity contribution in [2.24, 2.45) is 7.05 Å². The van der Waals surface area contributed by atoms with Gasteiger partial charge in [-0.3, -0.25) is 47.6 Å². The highest BCUT2D eigenvalue weighted by atomic mass is 32.3. The minimum absolute atomic E-state index is 0.0304. The van der Waals surface area contributed by atoms with E-state index in [0.29, 0.717) is 30.5 Å². The summed E-state index contributed by atoms with van der Waals surface area (Å²) >= 11 is 0. The van der Waals surface area contributed by atoms with Crippen LogP contribution in [0.5, 0.6) is 5.75 Å². The van der Waals surface area contributed by atoms with Gasteiger partial charge in [-0.05, 0) is 83.9 Å². The first-order chi connectivity index (χ1) is 24.8. The molecule has 1 aromatic heterocycles. The molecule has 4 fully saturated rings. The molecule has 0 radical (unpaired) electrons. The predicted molar refractivity (Wildman–Crippen MR) is 190 cm³/mol. The maximum Gasteiger partial charge on any atom is 0.329 e. The fraction of sp³-hybridized carbons (Fsp3) is 0.400. The molecule has 4 aliphatic rings. The lowest BCUT2D eigenvalue weighted by atomic mass is 9.88. The number of likely N-dealkylation sites (tertiary alicyclic amines) is 2. The molecule has 8 rings (SSSR count). The Bertz CT molecular complexity index is 2240. The van der Waals surface area contributed by atoms with Crippen molar-refractivity contribution in [3.8, 4) is 5.75 Å². The summed E-state index contributed by atoms with van der Waals surface area (Å²) in [6, 6.07) is 11.6. The van der Waals surface area contributed by atoms with Crippen LogP contribution in [0.25, 0.3) is 21.8 Å². The molecule has 0 aliphatic carbocycles. The van der Waals surface area contributed by atoms with Crippen molar-refractivity contribution < 1.29 is 37.8 Å². The lowest BCUT2D eigenvalue weighted by Gasteiger charge is -2.41. The third-order valence-corrected chi connectivity index (χ3v) is 12.3. The number of aryl methyl sites for hydroxylation is 1. The SMILES string of the molecule is Cn1c(=O)n(C2CCC(=O)NC2=O)c2ccc(C3CCN(CC(=O)N4CC(c5ccc6c(F)c(N7CC(=O)NS7(O)O)c(O)cc6c5)C4)CC3)cc21. The standard InChI is InChI=1S/C35H38FN7O8S/c1-39-27-13-21(3-5-25(27)43(35(39)49)26-6-7-29(45)37-34(26)48)19-8-10-40(11-9-19)18-31(47)41-15-23(16-41)20-2-4-24-22(12-20)14-28(44)33(32(24)36)42-17-30(46)38-52(42,50)51/h2-5,12-14,19,23,26,44,50-51H,6-11,15-18H2,1H3,(H,38,46)(H,37,45,48). The highest BCUT2D eigenvalue weighted by Gasteiger charge is 2.39. The lowest BCUT2D eigenvalue weighted by molar-refractivity contribution is -0.137. The number of fused-ring (bicyclic) bond motifs is 2. The van der Waals surface area contributed by atoms with Crippen molar-refractivity contribution in [1.29, 1.82) is 0 Å². The molecular formula is C35H38FN7O8S. The summed E-state index contributed by atoms with van der Waals surface area (Å²) in [6.07, 6.45) is 2.15. The zero-order valence-corrected chi connectivity index (χ0v) is 29.1. The van der Waals surface area contributed by atoms with Crippen LogP contribution in [-0.4, -0.2) is 96.0 Å². The van der Waals surface area contributed by atoms with Crippen LogP contribution in [0.1, 0.15) is 54.7 Å². The normalized spacial score (nSPS) is 22.2. The van der Waals surface area contributed by atoms with Crippen molar-refractivity contribution in [3.05, 3.63) is 69.9 Å². The van der Waals surface area contributed by atoms with Gasteiger partial charge in [0.1, 0.15) is 24.0 Å². The van der Waals surface area contributed by atoms with Gasteiger partial charge in [-0.2, -0.15) is 0 Å². The minimum atomic E-state index is -3.81. The largest absolute Gasteiger partial charge is 0.506 e. The number of aromatic hydroxyl groups is 1. The van der Waals surface area contributed by atoms with Crippen LogP contribution in [0.15, 0.2) is 47.3 Å². The van der Waals surface area contributed by atoms with Gasteiger partial charge in [0.05, 0.1) is 17.6 Å². The molecule has 5 heterocycles. The van der Waals surface area contributed by atoms with Gasteiger partial charge in [-0.25, -0.2) is 18.2 Å². The second kappa shape index (κ2) is 12.6. The first-order valence-electron chi connectivity index (χ1n) is 17.2. The number of carbonyl (C=O) groups excluding carboxylic acids is 4. The molecule has 1 atom stereocenters. The van der Waals surface area contributed by atoms with Crippen molar-refractivity contribution >= 4 is 62.1 Å². The molecule has 4 aromatic rings. The monoisotopic (exact) mass is 735 g/mol. The average molecular weight is 736 g/mol. The average Bonchev–Trinajstić information content (AvgIpc) is 3.49. The third kappa shape index (κ3) is 5.77. The molecule has 4 aliphatic heterocycles. The number of nitrogens with one attached hydrogen (secondary N) is 2. The van der Waals surface area contributed by atoms with Gasteiger partial charge in [0.15, 0.2) is 5.82 Å². The Balaban J connectivity index is 0.872. The summed E-state index contributed by atoms with van der Waals surface area (Å²) in [5, 5.41) is 13.5. The molecule has 274 valence electrons. The number of hydrogen-bond donors (Lipinski definition) is 5. The summed E-state index contributed by atoms with van der Waals surface area (Å²) in [4.78, 5) is 66.2. The van der Waals surface area contributed by atoms with E-state index in [-0.39, 0.29) is 47.6 Å². The van der Waals surface area contributed by atoms with Gasteiger partial charge in [-0.15, -0.1) is 0 Å². The number of nitrogens with zero attached hydrogens (tertiary/aromatic N) is 5. The zero-order valence-electron chi connectivity index (χ0n) is 28.2. The summed E-state index contributed by atoms with van der Waals surface area (Å²) in [5.41, 5.74) is 2.60. The number of rotatable bonds is 6. The Hall–Kier alpha value is -4.97. The quantitative estimate of drug-likeness (QED) is 0.184. The van der Waals surface area contributed by atoms with E-state index in [2.05, 4.69) is 10.2 Å². The Labute approximate surface area is 298 Å². The van der Waals surface area contributed by atoms with Crippen molar-refractivity contribution in [1.82, 2.24) is 29.0 Å². The van der Waals surface area contributed by atoms with Crippen molar-refractivity contribution in [2.75, 3.05) is 43.6 Å². The summed E-state index contributed by atoms with van der Waals surface area (Å²) in [5.74, 6) is -2.58. The number of imide groups is 1. The number of benzene rings is 3. The maximum atomic E-state index is 15.5. The number of phenols is 1. The van der Waals surface area contributed by atoms with E-state index in [1.165, 1.54) is 10.6 Å². The van der Waals surface area contributed by atoms with Gasteiger partial charge >= 0.3 is 5.69 Å². The number of aromatic nitrogens is 2. The molecule has 0 bridgehead atoms. The topological polar surface area (TPSA) is 190 Å². The van der Waals surface area contributed by atoms with E-state index < -0.39 is 52.6 Å². The zero-order chi connectivity index (χ0) is 36.6. The molecule has 1 unspecified atom stereocenters. The fourth-order valence-corrected chi connectivity index (χ4v) is 9.19. The number of anilines is 1. The third-order valence-electron chi connectivity index (χ3n) is 10.9. The van der Waals surface area contributed by atoms with Crippen molar-refractivity contribution in [3.63, 3.8) is 0 Å². The smallest absolute Gasteiger partial charge is 0.329 e. The van der Waals surface area contributed by atoms with E-state index in [9.17, 15) is 38.2 Å².